The minimum atomic E-state index is 0.636. The molecule has 2 heterocycles. The van der Waals surface area contributed by atoms with Crippen molar-refractivity contribution in [2.75, 3.05) is 6.54 Å². The number of hydrogen-bond donors (Lipinski definition) is 0. The summed E-state index contributed by atoms with van der Waals surface area (Å²) in [6.45, 7) is 2.27. The maximum absolute atomic E-state index is 5.47. The summed E-state index contributed by atoms with van der Waals surface area (Å²) in [4.78, 5) is 2.58. The highest BCUT2D eigenvalue weighted by atomic mass is 16.3. The van der Waals surface area contributed by atoms with Crippen LogP contribution >= 0.6 is 0 Å². The zero-order chi connectivity index (χ0) is 12.2. The second-order valence-corrected chi connectivity index (χ2v) is 5.04. The lowest BCUT2D eigenvalue weighted by molar-refractivity contribution is 0.235. The van der Waals surface area contributed by atoms with Crippen LogP contribution in [0.2, 0.25) is 0 Å². The molecule has 2 nitrogen and oxygen atoms in total. The van der Waals surface area contributed by atoms with Crippen LogP contribution in [0.4, 0.5) is 0 Å². The predicted octanol–water partition coefficient (Wildman–Crippen LogP) is 3.49. The lowest BCUT2D eigenvalue weighted by atomic mass is 10.1. The van der Waals surface area contributed by atoms with E-state index in [0.29, 0.717) is 6.04 Å². The summed E-state index contributed by atoms with van der Waals surface area (Å²) in [5.41, 5.74) is 1.41. The number of nitrogens with zero attached hydrogens (tertiary/aromatic N) is 1. The van der Waals surface area contributed by atoms with Crippen LogP contribution in [0, 0.1) is 0 Å². The summed E-state index contributed by atoms with van der Waals surface area (Å²) in [5, 5.41) is 0. The van der Waals surface area contributed by atoms with E-state index in [0.717, 1.165) is 18.7 Å². The van der Waals surface area contributed by atoms with Gasteiger partial charge < -0.3 is 4.42 Å². The highest BCUT2D eigenvalue weighted by Gasteiger charge is 2.25. The van der Waals surface area contributed by atoms with E-state index in [9.17, 15) is 0 Å². The van der Waals surface area contributed by atoms with E-state index in [1.807, 2.05) is 6.07 Å². The monoisotopic (exact) mass is 241 g/mol. The molecule has 3 rings (SSSR count). The van der Waals surface area contributed by atoms with Gasteiger partial charge in [0.25, 0.3) is 0 Å². The van der Waals surface area contributed by atoms with Gasteiger partial charge in [0.15, 0.2) is 0 Å². The first-order valence-corrected chi connectivity index (χ1v) is 6.72. The van der Waals surface area contributed by atoms with E-state index in [-0.39, 0.29) is 0 Å². The maximum Gasteiger partial charge on any atom is 0.105 e. The summed E-state index contributed by atoms with van der Waals surface area (Å²) in [5.74, 6) is 1.11. The Labute approximate surface area is 108 Å². The molecule has 0 amide bonds. The normalized spacial score (nSPS) is 20.3. The SMILES string of the molecule is c1ccc(CN2CCCC2Cc2ccco2)cc1. The van der Waals surface area contributed by atoms with Gasteiger partial charge in [-0.2, -0.15) is 0 Å². The van der Waals surface area contributed by atoms with Gasteiger partial charge in [-0.15, -0.1) is 0 Å². The molecular weight excluding hydrogens is 222 g/mol. The van der Waals surface area contributed by atoms with Crippen LogP contribution in [0.15, 0.2) is 53.1 Å². The van der Waals surface area contributed by atoms with E-state index in [1.165, 1.54) is 24.9 Å². The molecule has 0 radical (unpaired) electrons. The fourth-order valence-electron chi connectivity index (χ4n) is 2.81. The van der Waals surface area contributed by atoms with Crippen LogP contribution in [0.5, 0.6) is 0 Å². The highest BCUT2D eigenvalue weighted by Crippen LogP contribution is 2.23. The minimum absolute atomic E-state index is 0.636. The smallest absolute Gasteiger partial charge is 0.105 e. The molecule has 2 aromatic rings. The van der Waals surface area contributed by atoms with E-state index in [1.54, 1.807) is 6.26 Å². The number of likely N-dealkylation sites (tertiary alicyclic amines) is 1. The third-order valence-corrected chi connectivity index (χ3v) is 3.74. The van der Waals surface area contributed by atoms with E-state index >= 15 is 0 Å². The second kappa shape index (κ2) is 5.40. The lowest BCUT2D eigenvalue weighted by Gasteiger charge is -2.23. The van der Waals surface area contributed by atoms with Crippen molar-refractivity contribution in [3.63, 3.8) is 0 Å². The van der Waals surface area contributed by atoms with Crippen molar-refractivity contribution in [2.24, 2.45) is 0 Å². The Balaban J connectivity index is 1.64. The second-order valence-electron chi connectivity index (χ2n) is 5.04. The van der Waals surface area contributed by atoms with Crippen LogP contribution in [0.1, 0.15) is 24.2 Å². The molecule has 1 aliphatic rings. The summed E-state index contributed by atoms with van der Waals surface area (Å²) in [6, 6.07) is 15.4. The Kier molecular flexibility index (Phi) is 3.47. The number of benzene rings is 1. The first-order valence-electron chi connectivity index (χ1n) is 6.72. The van der Waals surface area contributed by atoms with Gasteiger partial charge in [-0.05, 0) is 37.1 Å². The fraction of sp³-hybridized carbons (Fsp3) is 0.375. The molecule has 1 fully saturated rings. The predicted molar refractivity (Wildman–Crippen MR) is 72.3 cm³/mol. The van der Waals surface area contributed by atoms with E-state index in [2.05, 4.69) is 41.3 Å². The third-order valence-electron chi connectivity index (χ3n) is 3.74. The van der Waals surface area contributed by atoms with E-state index in [4.69, 9.17) is 4.42 Å². The van der Waals surface area contributed by atoms with Crippen molar-refractivity contribution in [1.82, 2.24) is 4.90 Å². The van der Waals surface area contributed by atoms with E-state index < -0.39 is 0 Å². The molecule has 1 atom stereocenters. The van der Waals surface area contributed by atoms with Crippen molar-refractivity contribution in [3.8, 4) is 0 Å². The largest absolute Gasteiger partial charge is 0.469 e. The van der Waals surface area contributed by atoms with Gasteiger partial charge in [0.1, 0.15) is 5.76 Å². The summed E-state index contributed by atoms with van der Waals surface area (Å²) >= 11 is 0. The van der Waals surface area contributed by atoms with Gasteiger partial charge in [0, 0.05) is 19.0 Å². The van der Waals surface area contributed by atoms with Crippen LogP contribution in [0.3, 0.4) is 0 Å². The topological polar surface area (TPSA) is 16.4 Å². The van der Waals surface area contributed by atoms with Crippen LogP contribution in [-0.4, -0.2) is 17.5 Å². The number of furan rings is 1. The fourth-order valence-corrected chi connectivity index (χ4v) is 2.81. The molecule has 1 aromatic heterocycles. The molecule has 1 aliphatic heterocycles. The summed E-state index contributed by atoms with van der Waals surface area (Å²) < 4.78 is 5.47. The Morgan fingerprint density at radius 2 is 2.00 bits per heavy atom. The molecule has 18 heavy (non-hydrogen) atoms. The van der Waals surface area contributed by atoms with Crippen molar-refractivity contribution >= 4 is 0 Å². The Bertz CT molecular complexity index is 463. The zero-order valence-electron chi connectivity index (χ0n) is 10.6. The lowest BCUT2D eigenvalue weighted by Crippen LogP contribution is -2.30. The molecule has 0 N–H and O–H groups in total. The molecule has 0 aliphatic carbocycles. The molecule has 0 bridgehead atoms. The molecule has 94 valence electrons. The van der Waals surface area contributed by atoms with Crippen molar-refractivity contribution < 1.29 is 4.42 Å². The minimum Gasteiger partial charge on any atom is -0.469 e. The van der Waals surface area contributed by atoms with Crippen LogP contribution < -0.4 is 0 Å². The maximum atomic E-state index is 5.47. The summed E-state index contributed by atoms with van der Waals surface area (Å²) in [6.07, 6.45) is 5.40. The standard InChI is InChI=1S/C16H19NO/c1-2-6-14(7-3-1)13-17-10-4-8-15(17)12-16-9-5-11-18-16/h1-3,5-7,9,11,15H,4,8,10,12-13H2. The number of hydrogen-bond acceptors (Lipinski definition) is 2. The molecule has 1 unspecified atom stereocenters. The molecule has 0 saturated carbocycles. The quantitative estimate of drug-likeness (QED) is 0.814. The van der Waals surface area contributed by atoms with Gasteiger partial charge in [-0.25, -0.2) is 0 Å². The van der Waals surface area contributed by atoms with Gasteiger partial charge >= 0.3 is 0 Å². The average Bonchev–Trinajstić information content (AvgIpc) is 3.04. The Morgan fingerprint density at radius 3 is 2.78 bits per heavy atom. The number of rotatable bonds is 4. The van der Waals surface area contributed by atoms with Crippen LogP contribution in [-0.2, 0) is 13.0 Å². The Morgan fingerprint density at radius 1 is 1.11 bits per heavy atom. The molecule has 1 aromatic carbocycles. The van der Waals surface area contributed by atoms with Gasteiger partial charge in [-0.3, -0.25) is 4.90 Å². The first kappa shape index (κ1) is 11.5. The Hall–Kier alpha value is -1.54. The van der Waals surface area contributed by atoms with Crippen LogP contribution in [0.25, 0.3) is 0 Å². The molecule has 1 saturated heterocycles. The van der Waals surface area contributed by atoms with Crippen molar-refractivity contribution in [2.45, 2.75) is 31.8 Å². The van der Waals surface area contributed by atoms with Crippen molar-refractivity contribution in [3.05, 3.63) is 60.1 Å². The highest BCUT2D eigenvalue weighted by molar-refractivity contribution is 5.15. The average molecular weight is 241 g/mol. The third kappa shape index (κ3) is 2.65. The zero-order valence-corrected chi connectivity index (χ0v) is 10.6. The molecular formula is C16H19NO. The van der Waals surface area contributed by atoms with Gasteiger partial charge in [0.05, 0.1) is 6.26 Å². The van der Waals surface area contributed by atoms with Crippen molar-refractivity contribution in [1.29, 1.82) is 0 Å². The van der Waals surface area contributed by atoms with Gasteiger partial charge in [0.2, 0.25) is 0 Å². The first-order chi connectivity index (χ1) is 8.92. The summed E-state index contributed by atoms with van der Waals surface area (Å²) in [7, 11) is 0. The molecule has 2 heteroatoms. The molecule has 0 spiro atoms. The van der Waals surface area contributed by atoms with Gasteiger partial charge in [-0.1, -0.05) is 30.3 Å².